The number of hydrogen-bond donors (Lipinski definition) is 1. The molecule has 1 amide bonds. The van der Waals surface area contributed by atoms with Gasteiger partial charge in [0.05, 0.1) is 25.4 Å². The highest BCUT2D eigenvalue weighted by Gasteiger charge is 2.07. The largest absolute Gasteiger partial charge is 0.497 e. The second-order valence-corrected chi connectivity index (χ2v) is 6.51. The highest BCUT2D eigenvalue weighted by Crippen LogP contribution is 2.15. The third-order valence-corrected chi connectivity index (χ3v) is 4.43. The number of aromatic nitrogens is 2. The molecular formula is C22H24N4O2. The van der Waals surface area contributed by atoms with E-state index in [9.17, 15) is 4.79 Å². The van der Waals surface area contributed by atoms with Gasteiger partial charge in [0.2, 0.25) is 5.91 Å². The zero-order valence-corrected chi connectivity index (χ0v) is 16.1. The number of nitrogens with one attached hydrogen (secondary N) is 1. The first-order valence-electron chi connectivity index (χ1n) is 9.13. The van der Waals surface area contributed by atoms with Gasteiger partial charge >= 0.3 is 0 Å². The number of ether oxygens (including phenoxy) is 1. The summed E-state index contributed by atoms with van der Waals surface area (Å²) in [4.78, 5) is 22.8. The number of rotatable bonds is 8. The predicted molar refractivity (Wildman–Crippen MR) is 111 cm³/mol. The Kier molecular flexibility index (Phi) is 6.57. The highest BCUT2D eigenvalue weighted by atomic mass is 16.5. The first-order chi connectivity index (χ1) is 13.6. The third kappa shape index (κ3) is 5.54. The van der Waals surface area contributed by atoms with Gasteiger partial charge in [-0.05, 0) is 53.9 Å². The molecule has 3 rings (SSSR count). The van der Waals surface area contributed by atoms with Crippen molar-refractivity contribution in [3.8, 4) is 5.75 Å². The predicted octanol–water partition coefficient (Wildman–Crippen LogP) is 3.35. The van der Waals surface area contributed by atoms with Crippen LogP contribution in [0, 0.1) is 0 Å². The van der Waals surface area contributed by atoms with Crippen molar-refractivity contribution in [2.24, 2.45) is 0 Å². The Bertz CT molecular complexity index is 881. The lowest BCUT2D eigenvalue weighted by Crippen LogP contribution is -2.21. The second-order valence-electron chi connectivity index (χ2n) is 6.51. The molecule has 3 aromatic rings. The fourth-order valence-electron chi connectivity index (χ4n) is 2.78. The average molecular weight is 376 g/mol. The summed E-state index contributed by atoms with van der Waals surface area (Å²) in [5.41, 5.74) is 2.85. The number of carbonyl (C=O) groups excluding carboxylic acids is 1. The van der Waals surface area contributed by atoms with Crippen LogP contribution in [0.2, 0.25) is 0 Å². The summed E-state index contributed by atoms with van der Waals surface area (Å²) in [5, 5.41) is 2.88. The average Bonchev–Trinajstić information content (AvgIpc) is 2.74. The van der Waals surface area contributed by atoms with Crippen molar-refractivity contribution in [2.75, 3.05) is 30.9 Å². The molecule has 6 nitrogen and oxygen atoms in total. The monoisotopic (exact) mass is 376 g/mol. The maximum absolute atomic E-state index is 12.2. The van der Waals surface area contributed by atoms with Crippen LogP contribution in [-0.4, -0.2) is 36.6 Å². The molecule has 1 aromatic carbocycles. The van der Waals surface area contributed by atoms with Gasteiger partial charge in [0, 0.05) is 26.0 Å². The fraction of sp³-hybridized carbons (Fsp3) is 0.227. The number of anilines is 2. The SMILES string of the molecule is COc1ccc(CC(=O)Nc2ccc(N(C)CCc3ccncc3)nc2)cc1. The van der Waals surface area contributed by atoms with Crippen molar-refractivity contribution in [3.63, 3.8) is 0 Å². The number of pyridine rings is 2. The van der Waals surface area contributed by atoms with Gasteiger partial charge in [-0.2, -0.15) is 0 Å². The maximum Gasteiger partial charge on any atom is 0.228 e. The molecule has 0 atom stereocenters. The smallest absolute Gasteiger partial charge is 0.228 e. The quantitative estimate of drug-likeness (QED) is 0.653. The van der Waals surface area contributed by atoms with Gasteiger partial charge in [-0.1, -0.05) is 12.1 Å². The lowest BCUT2D eigenvalue weighted by atomic mass is 10.1. The van der Waals surface area contributed by atoms with E-state index in [0.29, 0.717) is 12.1 Å². The maximum atomic E-state index is 12.2. The van der Waals surface area contributed by atoms with E-state index in [1.807, 2.05) is 55.6 Å². The number of hydrogen-bond acceptors (Lipinski definition) is 5. The molecule has 0 aliphatic heterocycles. The topological polar surface area (TPSA) is 67.3 Å². The molecule has 0 bridgehead atoms. The number of nitrogens with zero attached hydrogens (tertiary/aromatic N) is 3. The van der Waals surface area contributed by atoms with Gasteiger partial charge in [-0.25, -0.2) is 4.98 Å². The van der Waals surface area contributed by atoms with E-state index < -0.39 is 0 Å². The van der Waals surface area contributed by atoms with E-state index in [0.717, 1.165) is 30.1 Å². The first kappa shape index (κ1) is 19.4. The number of benzene rings is 1. The Balaban J connectivity index is 1.50. The molecule has 0 aliphatic rings. The molecule has 0 aliphatic carbocycles. The van der Waals surface area contributed by atoms with E-state index in [1.54, 1.807) is 25.7 Å². The Morgan fingerprint density at radius 1 is 1.04 bits per heavy atom. The van der Waals surface area contributed by atoms with Crippen LogP contribution >= 0.6 is 0 Å². The molecule has 0 fully saturated rings. The molecule has 0 saturated heterocycles. The van der Waals surface area contributed by atoms with Crippen molar-refractivity contribution in [1.29, 1.82) is 0 Å². The summed E-state index contributed by atoms with van der Waals surface area (Å²) in [7, 11) is 3.63. The summed E-state index contributed by atoms with van der Waals surface area (Å²) < 4.78 is 5.13. The van der Waals surface area contributed by atoms with Gasteiger partial charge in [0.1, 0.15) is 11.6 Å². The van der Waals surface area contributed by atoms with E-state index in [2.05, 4.69) is 20.2 Å². The minimum absolute atomic E-state index is 0.0780. The Labute approximate surface area is 165 Å². The molecule has 2 heterocycles. The van der Waals surface area contributed by atoms with Crippen LogP contribution in [0.3, 0.4) is 0 Å². The Hall–Kier alpha value is -3.41. The second kappa shape index (κ2) is 9.50. The van der Waals surface area contributed by atoms with Crippen LogP contribution in [0.15, 0.2) is 67.1 Å². The van der Waals surface area contributed by atoms with Gasteiger partial charge in [0.15, 0.2) is 0 Å². The van der Waals surface area contributed by atoms with E-state index in [-0.39, 0.29) is 5.91 Å². The van der Waals surface area contributed by atoms with Crippen molar-refractivity contribution < 1.29 is 9.53 Å². The summed E-state index contributed by atoms with van der Waals surface area (Å²) in [5.74, 6) is 1.56. The molecule has 0 radical (unpaired) electrons. The first-order valence-corrected chi connectivity index (χ1v) is 9.13. The number of methoxy groups -OCH3 is 1. The Morgan fingerprint density at radius 3 is 2.43 bits per heavy atom. The molecule has 1 N–H and O–H groups in total. The molecule has 0 spiro atoms. The molecule has 144 valence electrons. The molecule has 28 heavy (non-hydrogen) atoms. The molecule has 0 unspecified atom stereocenters. The number of carbonyl (C=O) groups is 1. The normalized spacial score (nSPS) is 10.4. The lowest BCUT2D eigenvalue weighted by molar-refractivity contribution is -0.115. The van der Waals surface area contributed by atoms with E-state index >= 15 is 0 Å². The van der Waals surface area contributed by atoms with Gasteiger partial charge < -0.3 is 15.0 Å². The van der Waals surface area contributed by atoms with Crippen LogP contribution in [-0.2, 0) is 17.6 Å². The molecule has 6 heteroatoms. The van der Waals surface area contributed by atoms with E-state index in [1.165, 1.54) is 5.56 Å². The standard InChI is InChI=1S/C22H24N4O2/c1-26(14-11-17-9-12-23-13-10-17)21-8-5-19(16-24-21)25-22(27)15-18-3-6-20(28-2)7-4-18/h3-10,12-13,16H,11,14-15H2,1-2H3,(H,25,27). The van der Waals surface area contributed by atoms with Crippen LogP contribution in [0.4, 0.5) is 11.5 Å². The lowest BCUT2D eigenvalue weighted by Gasteiger charge is -2.18. The highest BCUT2D eigenvalue weighted by molar-refractivity contribution is 5.92. The summed E-state index contributed by atoms with van der Waals surface area (Å²) in [6, 6.07) is 15.3. The summed E-state index contributed by atoms with van der Waals surface area (Å²) in [6.45, 7) is 0.847. The molecule has 2 aromatic heterocycles. The van der Waals surface area contributed by atoms with Gasteiger partial charge in [-0.3, -0.25) is 9.78 Å². The van der Waals surface area contributed by atoms with Crippen LogP contribution in [0.1, 0.15) is 11.1 Å². The zero-order valence-electron chi connectivity index (χ0n) is 16.1. The van der Waals surface area contributed by atoms with Crippen molar-refractivity contribution in [3.05, 3.63) is 78.2 Å². The third-order valence-electron chi connectivity index (χ3n) is 4.43. The number of likely N-dealkylation sites (N-methyl/N-ethyl adjacent to an activating group) is 1. The minimum Gasteiger partial charge on any atom is -0.497 e. The van der Waals surface area contributed by atoms with Gasteiger partial charge in [0.25, 0.3) is 0 Å². The number of amides is 1. The zero-order chi connectivity index (χ0) is 19.8. The van der Waals surface area contributed by atoms with Crippen molar-refractivity contribution in [1.82, 2.24) is 9.97 Å². The molecular weight excluding hydrogens is 352 g/mol. The van der Waals surface area contributed by atoms with Crippen LogP contribution in [0.5, 0.6) is 5.75 Å². The van der Waals surface area contributed by atoms with Crippen LogP contribution < -0.4 is 15.0 Å². The Morgan fingerprint density at radius 2 is 1.79 bits per heavy atom. The minimum atomic E-state index is -0.0780. The van der Waals surface area contributed by atoms with Crippen molar-refractivity contribution in [2.45, 2.75) is 12.8 Å². The van der Waals surface area contributed by atoms with Crippen LogP contribution in [0.25, 0.3) is 0 Å². The van der Waals surface area contributed by atoms with Crippen molar-refractivity contribution >= 4 is 17.4 Å². The fourth-order valence-corrected chi connectivity index (χ4v) is 2.78. The van der Waals surface area contributed by atoms with E-state index in [4.69, 9.17) is 4.74 Å². The van der Waals surface area contributed by atoms with Gasteiger partial charge in [-0.15, -0.1) is 0 Å². The summed E-state index contributed by atoms with van der Waals surface area (Å²) in [6.07, 6.45) is 6.51. The summed E-state index contributed by atoms with van der Waals surface area (Å²) >= 11 is 0. The molecule has 0 saturated carbocycles.